The second kappa shape index (κ2) is 5.10. The third-order valence-corrected chi connectivity index (χ3v) is 5.64. The van der Waals surface area contributed by atoms with Gasteiger partial charge in [0.25, 0.3) is 0 Å². The Morgan fingerprint density at radius 3 is 2.35 bits per heavy atom. The number of hydrogen-bond donors (Lipinski definition) is 0. The van der Waals surface area contributed by atoms with Crippen LogP contribution in [0.3, 0.4) is 0 Å². The minimum Gasteiger partial charge on any atom is -0.465 e. The van der Waals surface area contributed by atoms with E-state index in [4.69, 9.17) is 0 Å². The molecule has 0 saturated carbocycles. The zero-order valence-corrected chi connectivity index (χ0v) is 12.5. The molecule has 98 valence electrons. The molecule has 0 spiro atoms. The number of alkyl halides is 1. The van der Waals surface area contributed by atoms with E-state index in [1.165, 1.54) is 6.08 Å². The minimum absolute atomic E-state index is 0.341. The van der Waals surface area contributed by atoms with Gasteiger partial charge in [0.15, 0.2) is 5.83 Å². The molecule has 2 atom stereocenters. The maximum absolute atomic E-state index is 14.0. The summed E-state index contributed by atoms with van der Waals surface area (Å²) < 4.78 is 32.2. The number of allylic oxidation sites excluding steroid dienone is 1. The molecule has 0 aromatic carbocycles. The molecule has 0 aromatic heterocycles. The van der Waals surface area contributed by atoms with Crippen molar-refractivity contribution in [1.82, 2.24) is 0 Å². The Morgan fingerprint density at radius 2 is 1.94 bits per heavy atom. The van der Waals surface area contributed by atoms with E-state index in [9.17, 15) is 13.6 Å². The fourth-order valence-corrected chi connectivity index (χ4v) is 5.70. The van der Waals surface area contributed by atoms with Crippen molar-refractivity contribution in [2.45, 2.75) is 10.1 Å². The average Bonchev–Trinajstić information content (AvgIpc) is 2.20. The maximum Gasteiger partial charge on any atom is 0.340 e. The zero-order chi connectivity index (χ0) is 13.4. The molecule has 0 saturated heterocycles. The standard InChI is InChI=1S/C11H15BrF2O2S/c1-16-11(15)6-5-7(12)10(17(2,3)4)9(14)8(6)13/h5,7,10H,1-4H3. The van der Waals surface area contributed by atoms with Gasteiger partial charge in [-0.3, -0.25) is 0 Å². The first kappa shape index (κ1) is 14.7. The van der Waals surface area contributed by atoms with Crippen LogP contribution in [0, 0.1) is 0 Å². The van der Waals surface area contributed by atoms with Crippen molar-refractivity contribution in [3.63, 3.8) is 0 Å². The van der Waals surface area contributed by atoms with Crippen molar-refractivity contribution in [2.75, 3.05) is 25.9 Å². The van der Waals surface area contributed by atoms with Gasteiger partial charge in [0.05, 0.1) is 22.8 Å². The Balaban J connectivity index is 3.20. The van der Waals surface area contributed by atoms with E-state index in [0.717, 1.165) is 7.11 Å². The molecule has 0 aliphatic heterocycles. The van der Waals surface area contributed by atoms with Crippen LogP contribution in [0.15, 0.2) is 23.3 Å². The SMILES string of the molecule is COC(=O)C1=CC(Br)C(S(C)(C)C)C(F)=C1F. The number of rotatable bonds is 2. The molecule has 6 heteroatoms. The van der Waals surface area contributed by atoms with Gasteiger partial charge in [0.2, 0.25) is 0 Å². The molecule has 2 unspecified atom stereocenters. The van der Waals surface area contributed by atoms with Gasteiger partial charge < -0.3 is 4.74 Å². The second-order valence-corrected chi connectivity index (χ2v) is 9.96. The van der Waals surface area contributed by atoms with Crippen molar-refractivity contribution in [3.8, 4) is 0 Å². The zero-order valence-electron chi connectivity index (χ0n) is 10.1. The fraction of sp³-hybridized carbons (Fsp3) is 0.545. The van der Waals surface area contributed by atoms with E-state index >= 15 is 0 Å². The highest BCUT2D eigenvalue weighted by atomic mass is 79.9. The smallest absolute Gasteiger partial charge is 0.340 e. The van der Waals surface area contributed by atoms with E-state index in [0.29, 0.717) is 0 Å². The monoisotopic (exact) mass is 328 g/mol. The summed E-state index contributed by atoms with van der Waals surface area (Å²) in [6.07, 6.45) is 7.08. The molecule has 0 radical (unpaired) electrons. The number of hydrogen-bond acceptors (Lipinski definition) is 2. The molecule has 0 amide bonds. The molecule has 17 heavy (non-hydrogen) atoms. The predicted molar refractivity (Wildman–Crippen MR) is 71.2 cm³/mol. The van der Waals surface area contributed by atoms with Gasteiger partial charge in [0.1, 0.15) is 5.83 Å². The quantitative estimate of drug-likeness (QED) is 0.575. The van der Waals surface area contributed by atoms with E-state index < -0.39 is 37.7 Å². The molecule has 0 bridgehead atoms. The number of halogens is 3. The summed E-state index contributed by atoms with van der Waals surface area (Å²) in [5.41, 5.74) is -0.341. The maximum atomic E-state index is 14.0. The van der Waals surface area contributed by atoms with Gasteiger partial charge >= 0.3 is 5.97 Å². The van der Waals surface area contributed by atoms with Crippen LogP contribution in [-0.2, 0) is 9.53 Å². The van der Waals surface area contributed by atoms with Gasteiger partial charge in [-0.2, -0.15) is 0 Å². The Morgan fingerprint density at radius 1 is 1.41 bits per heavy atom. The van der Waals surface area contributed by atoms with Crippen molar-refractivity contribution in [2.24, 2.45) is 0 Å². The lowest BCUT2D eigenvalue weighted by Gasteiger charge is -2.39. The van der Waals surface area contributed by atoms with Crippen LogP contribution in [0.2, 0.25) is 0 Å². The Kier molecular flexibility index (Phi) is 4.41. The van der Waals surface area contributed by atoms with Crippen molar-refractivity contribution < 1.29 is 18.3 Å². The van der Waals surface area contributed by atoms with Crippen molar-refractivity contribution in [3.05, 3.63) is 23.3 Å². The van der Waals surface area contributed by atoms with Crippen LogP contribution in [0.1, 0.15) is 0 Å². The molecule has 2 nitrogen and oxygen atoms in total. The number of carbonyl (C=O) groups is 1. The molecule has 1 aliphatic rings. The number of carbonyl (C=O) groups excluding carboxylic acids is 1. The summed E-state index contributed by atoms with van der Waals surface area (Å²) in [5, 5.41) is -0.559. The topological polar surface area (TPSA) is 26.3 Å². The summed E-state index contributed by atoms with van der Waals surface area (Å²) in [5.74, 6) is -2.82. The molecule has 0 heterocycles. The molecule has 0 N–H and O–H groups in total. The molecule has 0 aromatic rings. The Hall–Kier alpha value is -0.360. The highest BCUT2D eigenvalue weighted by Crippen LogP contribution is 2.52. The van der Waals surface area contributed by atoms with Crippen LogP contribution in [0.4, 0.5) is 8.78 Å². The largest absolute Gasteiger partial charge is 0.465 e. The fourth-order valence-electron chi connectivity index (χ4n) is 1.68. The normalized spacial score (nSPS) is 26.6. The lowest BCUT2D eigenvalue weighted by atomic mass is 10.0. The Labute approximate surface area is 110 Å². The highest BCUT2D eigenvalue weighted by Gasteiger charge is 2.39. The Bertz CT molecular complexity index is 399. The summed E-state index contributed by atoms with van der Waals surface area (Å²) >= 11 is 3.29. The first-order valence-corrected chi connectivity index (χ1v) is 8.70. The van der Waals surface area contributed by atoms with Crippen LogP contribution in [0.5, 0.6) is 0 Å². The summed E-state index contributed by atoms with van der Waals surface area (Å²) in [6.45, 7) is 0. The lowest BCUT2D eigenvalue weighted by molar-refractivity contribution is -0.136. The molecule has 1 aliphatic carbocycles. The van der Waals surface area contributed by atoms with Gasteiger partial charge in [-0.25, -0.2) is 23.6 Å². The van der Waals surface area contributed by atoms with Crippen molar-refractivity contribution in [1.29, 1.82) is 0 Å². The third-order valence-electron chi connectivity index (χ3n) is 2.48. The third kappa shape index (κ3) is 2.91. The van der Waals surface area contributed by atoms with E-state index in [2.05, 4.69) is 20.7 Å². The van der Waals surface area contributed by atoms with Crippen LogP contribution >= 0.6 is 26.0 Å². The van der Waals surface area contributed by atoms with Gasteiger partial charge in [-0.1, -0.05) is 22.0 Å². The van der Waals surface area contributed by atoms with E-state index in [-0.39, 0.29) is 5.57 Å². The van der Waals surface area contributed by atoms with Gasteiger partial charge in [-0.05, 0) is 18.8 Å². The second-order valence-electron chi connectivity index (χ2n) is 4.53. The van der Waals surface area contributed by atoms with Crippen LogP contribution in [0.25, 0.3) is 0 Å². The first-order valence-electron chi connectivity index (χ1n) is 4.87. The number of methoxy groups -OCH3 is 1. The molecular formula is C11H15BrF2O2S. The van der Waals surface area contributed by atoms with Crippen LogP contribution in [-0.4, -0.2) is 41.9 Å². The number of esters is 1. The number of ether oxygens (including phenoxy) is 1. The highest BCUT2D eigenvalue weighted by molar-refractivity contribution is 9.09. The molecular weight excluding hydrogens is 314 g/mol. The summed E-state index contributed by atoms with van der Waals surface area (Å²) in [7, 11) is -0.192. The van der Waals surface area contributed by atoms with E-state index in [1.54, 1.807) is 0 Å². The predicted octanol–water partition coefficient (Wildman–Crippen LogP) is 3.08. The summed E-state index contributed by atoms with van der Waals surface area (Å²) in [4.78, 5) is 10.9. The molecule has 0 fully saturated rings. The average molecular weight is 329 g/mol. The van der Waals surface area contributed by atoms with E-state index in [1.807, 2.05) is 18.8 Å². The minimum atomic E-state index is -1.33. The lowest BCUT2D eigenvalue weighted by Crippen LogP contribution is -2.30. The van der Waals surface area contributed by atoms with Crippen molar-refractivity contribution >= 4 is 31.9 Å². The van der Waals surface area contributed by atoms with Crippen LogP contribution < -0.4 is 0 Å². The first-order chi connectivity index (χ1) is 7.70. The summed E-state index contributed by atoms with van der Waals surface area (Å²) in [6, 6.07) is 0. The van der Waals surface area contributed by atoms with Gasteiger partial charge in [0, 0.05) is 0 Å². The molecule has 1 rings (SSSR count). The van der Waals surface area contributed by atoms with Gasteiger partial charge in [-0.15, -0.1) is 0 Å².